The Hall–Kier alpha value is -4.21. The number of carbonyl (C=O) groups is 3. The molecule has 0 radical (unpaired) electrons. The highest BCUT2D eigenvalue weighted by Gasteiger charge is 2.56. The summed E-state index contributed by atoms with van der Waals surface area (Å²) in [6.07, 6.45) is 3.61. The van der Waals surface area contributed by atoms with Gasteiger partial charge >= 0.3 is 6.09 Å². The van der Waals surface area contributed by atoms with E-state index >= 15 is 0 Å². The summed E-state index contributed by atoms with van der Waals surface area (Å²) in [7, 11) is 0. The molecule has 3 aliphatic heterocycles. The maximum atomic E-state index is 14.4. The molecular weight excluding hydrogens is 590 g/mol. The van der Waals surface area contributed by atoms with Crippen LogP contribution in [0.1, 0.15) is 55.2 Å². The second-order valence-electron chi connectivity index (χ2n) is 13.2. The Labute approximate surface area is 278 Å². The molecule has 3 aromatic rings. The minimum atomic E-state index is -0.821. The molecule has 3 fully saturated rings. The van der Waals surface area contributed by atoms with Crippen LogP contribution in [-0.4, -0.2) is 83.0 Å². The molecule has 3 aromatic carbocycles. The first-order valence-corrected chi connectivity index (χ1v) is 17.1. The first kappa shape index (κ1) is 32.7. The SMILES string of the molecule is O=C(NCCCCC1NC(=O)C2(CCN(Cc3ccccc3)CC2)N(C2CCN(Cc3ccccc3)C2)C1=O)OCc1ccccc1. The zero-order chi connectivity index (χ0) is 32.5. The van der Waals surface area contributed by atoms with Gasteiger partial charge in [0.15, 0.2) is 0 Å². The molecule has 248 valence electrons. The van der Waals surface area contributed by atoms with E-state index in [-0.39, 0.29) is 24.5 Å². The Morgan fingerprint density at radius 3 is 2.02 bits per heavy atom. The molecule has 3 saturated heterocycles. The Morgan fingerprint density at radius 2 is 1.38 bits per heavy atom. The van der Waals surface area contributed by atoms with Gasteiger partial charge in [0.05, 0.1) is 0 Å². The number of piperidine rings is 1. The Balaban J connectivity index is 1.06. The van der Waals surface area contributed by atoms with Crippen LogP contribution in [0.25, 0.3) is 0 Å². The molecule has 47 heavy (non-hydrogen) atoms. The number of benzene rings is 3. The van der Waals surface area contributed by atoms with Crippen molar-refractivity contribution in [1.29, 1.82) is 0 Å². The average molecular weight is 638 g/mol. The number of rotatable bonds is 12. The molecule has 3 aliphatic rings. The number of likely N-dealkylation sites (tertiary alicyclic amines) is 2. The molecule has 0 bridgehead atoms. The third-order valence-corrected chi connectivity index (χ3v) is 9.92. The second-order valence-corrected chi connectivity index (χ2v) is 13.2. The fourth-order valence-electron chi connectivity index (χ4n) is 7.40. The van der Waals surface area contributed by atoms with E-state index in [0.29, 0.717) is 38.6 Å². The highest BCUT2D eigenvalue weighted by atomic mass is 16.5. The summed E-state index contributed by atoms with van der Waals surface area (Å²) < 4.78 is 5.30. The van der Waals surface area contributed by atoms with E-state index in [1.807, 2.05) is 47.4 Å². The highest BCUT2D eigenvalue weighted by Crippen LogP contribution is 2.38. The fourth-order valence-corrected chi connectivity index (χ4v) is 7.40. The zero-order valence-electron chi connectivity index (χ0n) is 27.2. The molecule has 2 N–H and O–H groups in total. The number of unbranched alkanes of at least 4 members (excludes halogenated alkanes) is 1. The first-order chi connectivity index (χ1) is 23.0. The molecule has 0 aliphatic carbocycles. The quantitative estimate of drug-likeness (QED) is 0.279. The fraction of sp³-hybridized carbons (Fsp3) is 0.447. The van der Waals surface area contributed by atoms with E-state index in [1.54, 1.807) is 0 Å². The molecule has 3 amide bonds. The van der Waals surface area contributed by atoms with E-state index in [2.05, 4.69) is 69.0 Å². The average Bonchev–Trinajstić information content (AvgIpc) is 3.55. The predicted octanol–water partition coefficient (Wildman–Crippen LogP) is 4.72. The molecule has 0 aromatic heterocycles. The van der Waals surface area contributed by atoms with E-state index < -0.39 is 17.7 Å². The number of alkyl carbamates (subject to hydrolysis) is 1. The molecule has 9 heteroatoms. The topological polar surface area (TPSA) is 94.2 Å². The lowest BCUT2D eigenvalue weighted by atomic mass is 9.80. The summed E-state index contributed by atoms with van der Waals surface area (Å²) in [6, 6.07) is 29.9. The van der Waals surface area contributed by atoms with Crippen LogP contribution in [0.2, 0.25) is 0 Å². The number of carbonyl (C=O) groups excluding carboxylic acids is 3. The van der Waals surface area contributed by atoms with Gasteiger partial charge in [-0.05, 0) is 55.2 Å². The van der Waals surface area contributed by atoms with Gasteiger partial charge in [0.2, 0.25) is 11.8 Å². The maximum Gasteiger partial charge on any atom is 0.407 e. The van der Waals surface area contributed by atoms with Crippen LogP contribution in [0.5, 0.6) is 0 Å². The van der Waals surface area contributed by atoms with E-state index in [9.17, 15) is 14.4 Å². The number of nitrogens with one attached hydrogen (secondary N) is 2. The van der Waals surface area contributed by atoms with Crippen molar-refractivity contribution in [3.8, 4) is 0 Å². The third-order valence-electron chi connectivity index (χ3n) is 9.92. The largest absolute Gasteiger partial charge is 0.445 e. The van der Waals surface area contributed by atoms with Crippen molar-refractivity contribution in [2.45, 2.75) is 75.8 Å². The molecule has 6 rings (SSSR count). The monoisotopic (exact) mass is 637 g/mol. The van der Waals surface area contributed by atoms with Gasteiger partial charge < -0.3 is 20.3 Å². The summed E-state index contributed by atoms with van der Waals surface area (Å²) in [4.78, 5) is 47.4. The van der Waals surface area contributed by atoms with Gasteiger partial charge in [-0.2, -0.15) is 0 Å². The smallest absolute Gasteiger partial charge is 0.407 e. The maximum absolute atomic E-state index is 14.4. The summed E-state index contributed by atoms with van der Waals surface area (Å²) in [5.41, 5.74) is 2.63. The lowest BCUT2D eigenvalue weighted by Crippen LogP contribution is -2.74. The van der Waals surface area contributed by atoms with Gasteiger partial charge in [-0.1, -0.05) is 91.0 Å². The van der Waals surface area contributed by atoms with Crippen molar-refractivity contribution >= 4 is 17.9 Å². The summed E-state index contributed by atoms with van der Waals surface area (Å²) in [6.45, 7) is 5.56. The second kappa shape index (κ2) is 15.6. The zero-order valence-corrected chi connectivity index (χ0v) is 27.2. The van der Waals surface area contributed by atoms with Gasteiger partial charge in [0.1, 0.15) is 18.2 Å². The molecular formula is C38H47N5O4. The number of hydrogen-bond acceptors (Lipinski definition) is 6. The lowest BCUT2D eigenvalue weighted by Gasteiger charge is -2.53. The summed E-state index contributed by atoms with van der Waals surface area (Å²) >= 11 is 0. The van der Waals surface area contributed by atoms with Crippen LogP contribution in [0.3, 0.4) is 0 Å². The number of nitrogens with zero attached hydrogens (tertiary/aromatic N) is 3. The molecule has 3 heterocycles. The van der Waals surface area contributed by atoms with Crippen LogP contribution in [0.15, 0.2) is 91.0 Å². The van der Waals surface area contributed by atoms with E-state index in [4.69, 9.17) is 4.74 Å². The number of hydrogen-bond donors (Lipinski definition) is 2. The molecule has 0 saturated carbocycles. The summed E-state index contributed by atoms with van der Waals surface area (Å²) in [5.74, 6) is 0.0356. The Kier molecular flexibility index (Phi) is 10.9. The minimum Gasteiger partial charge on any atom is -0.445 e. The van der Waals surface area contributed by atoms with Crippen molar-refractivity contribution < 1.29 is 19.1 Å². The van der Waals surface area contributed by atoms with Gasteiger partial charge in [0, 0.05) is 51.9 Å². The van der Waals surface area contributed by atoms with Crippen LogP contribution >= 0.6 is 0 Å². The van der Waals surface area contributed by atoms with E-state index in [1.165, 1.54) is 11.1 Å². The Bertz CT molecular complexity index is 1460. The number of ether oxygens (including phenoxy) is 1. The normalized spacial score (nSPS) is 21.5. The van der Waals surface area contributed by atoms with Gasteiger partial charge in [-0.25, -0.2) is 4.79 Å². The number of piperazine rings is 1. The third kappa shape index (κ3) is 8.21. The summed E-state index contributed by atoms with van der Waals surface area (Å²) in [5, 5.41) is 5.96. The van der Waals surface area contributed by atoms with Crippen LogP contribution in [0.4, 0.5) is 4.79 Å². The van der Waals surface area contributed by atoms with Gasteiger partial charge in [-0.3, -0.25) is 19.4 Å². The highest BCUT2D eigenvalue weighted by molar-refractivity contribution is 6.00. The first-order valence-electron chi connectivity index (χ1n) is 17.1. The van der Waals surface area contributed by atoms with Crippen molar-refractivity contribution in [2.24, 2.45) is 0 Å². The van der Waals surface area contributed by atoms with Gasteiger partial charge in [-0.15, -0.1) is 0 Å². The molecule has 9 nitrogen and oxygen atoms in total. The van der Waals surface area contributed by atoms with E-state index in [0.717, 1.165) is 51.3 Å². The standard InChI is InChI=1S/C38H47N5O4/c44-35-34(18-10-11-22-39-37(46)47-29-32-16-8-3-9-17-32)40-36(45)38(20-24-41(25-21-38)26-30-12-4-1-5-13-30)43(35)33-19-23-42(28-33)27-31-14-6-2-7-15-31/h1-9,12-17,33-34H,10-11,18-29H2,(H,39,46)(H,40,45). The molecule has 1 spiro atoms. The van der Waals surface area contributed by atoms with Crippen molar-refractivity contribution in [3.63, 3.8) is 0 Å². The van der Waals surface area contributed by atoms with Crippen molar-refractivity contribution in [3.05, 3.63) is 108 Å². The van der Waals surface area contributed by atoms with Gasteiger partial charge in [0.25, 0.3) is 0 Å². The molecule has 2 atom stereocenters. The molecule has 2 unspecified atom stereocenters. The van der Waals surface area contributed by atoms with Crippen LogP contribution < -0.4 is 10.6 Å². The predicted molar refractivity (Wildman–Crippen MR) is 181 cm³/mol. The van der Waals surface area contributed by atoms with Crippen molar-refractivity contribution in [2.75, 3.05) is 32.7 Å². The van der Waals surface area contributed by atoms with Crippen LogP contribution in [0, 0.1) is 0 Å². The van der Waals surface area contributed by atoms with Crippen LogP contribution in [-0.2, 0) is 34.0 Å². The lowest BCUT2D eigenvalue weighted by molar-refractivity contribution is -0.165. The van der Waals surface area contributed by atoms with Crippen molar-refractivity contribution in [1.82, 2.24) is 25.3 Å². The number of amides is 3. The Morgan fingerprint density at radius 1 is 0.787 bits per heavy atom. The minimum absolute atomic E-state index is 0.00138.